The zero-order valence-electron chi connectivity index (χ0n) is 24.2. The van der Waals surface area contributed by atoms with Crippen LogP contribution >= 0.6 is 11.8 Å². The molecule has 0 radical (unpaired) electrons. The van der Waals surface area contributed by atoms with Gasteiger partial charge in [0.05, 0.1) is 42.9 Å². The lowest BCUT2D eigenvalue weighted by molar-refractivity contribution is -0.142. The van der Waals surface area contributed by atoms with Crippen molar-refractivity contribution < 1.29 is 14.3 Å². The van der Waals surface area contributed by atoms with E-state index in [9.17, 15) is 14.4 Å². The predicted molar refractivity (Wildman–Crippen MR) is 163 cm³/mol. The van der Waals surface area contributed by atoms with E-state index in [1.54, 1.807) is 16.3 Å². The van der Waals surface area contributed by atoms with Crippen molar-refractivity contribution in [1.29, 1.82) is 0 Å². The molecule has 0 N–H and O–H groups in total. The summed E-state index contributed by atoms with van der Waals surface area (Å²) in [7, 11) is 1.40. The zero-order chi connectivity index (χ0) is 29.1. The summed E-state index contributed by atoms with van der Waals surface area (Å²) in [5, 5.41) is 1.26. The largest absolute Gasteiger partial charge is 0.469 e. The molecule has 3 aliphatic rings. The van der Waals surface area contributed by atoms with Gasteiger partial charge in [0.1, 0.15) is 0 Å². The molecule has 3 heterocycles. The molecule has 8 nitrogen and oxygen atoms in total. The fourth-order valence-corrected chi connectivity index (χ4v) is 7.63. The van der Waals surface area contributed by atoms with Crippen LogP contribution in [0.2, 0.25) is 0 Å². The van der Waals surface area contributed by atoms with Gasteiger partial charge in [0.2, 0.25) is 5.91 Å². The summed E-state index contributed by atoms with van der Waals surface area (Å²) in [6, 6.07) is 17.7. The molecule has 9 heteroatoms. The number of carbonyl (C=O) groups excluding carboxylic acids is 2. The minimum absolute atomic E-state index is 0.0518. The number of fused-ring (bicyclic) bond motifs is 1. The van der Waals surface area contributed by atoms with Crippen LogP contribution in [-0.4, -0.2) is 63.2 Å². The van der Waals surface area contributed by atoms with Crippen LogP contribution in [0.4, 0.5) is 0 Å². The highest BCUT2D eigenvalue weighted by atomic mass is 32.2. The summed E-state index contributed by atoms with van der Waals surface area (Å²) >= 11 is 1.75. The first-order valence-electron chi connectivity index (χ1n) is 15.0. The van der Waals surface area contributed by atoms with Crippen LogP contribution in [-0.2, 0) is 40.3 Å². The molecule has 220 valence electrons. The Morgan fingerprint density at radius 3 is 2.52 bits per heavy atom. The fraction of sp³-hybridized carbons (Fsp3) is 0.455. The van der Waals surface area contributed by atoms with Gasteiger partial charge in [-0.2, -0.15) is 0 Å². The van der Waals surface area contributed by atoms with E-state index >= 15 is 0 Å². The van der Waals surface area contributed by atoms with Gasteiger partial charge in [-0.05, 0) is 36.1 Å². The number of hydrogen-bond donors (Lipinski definition) is 0. The molecular formula is C33H38N4O4S. The number of rotatable bonds is 8. The lowest BCUT2D eigenvalue weighted by atomic mass is 9.95. The first-order valence-corrected chi connectivity index (χ1v) is 15.9. The Morgan fingerprint density at radius 1 is 1.00 bits per heavy atom. The van der Waals surface area contributed by atoms with E-state index in [-0.39, 0.29) is 29.8 Å². The molecule has 0 unspecified atom stereocenters. The third-order valence-corrected chi connectivity index (χ3v) is 9.92. The summed E-state index contributed by atoms with van der Waals surface area (Å²) in [6.07, 6.45) is 6.92. The SMILES string of the molecule is COC(=O)Cc1cccc(CN2CC(C(=O)N3CCc4nc(SC5CCCCC5)n(-c5ccccc5)c(=O)c4C3)C2)c1. The fourth-order valence-electron chi connectivity index (χ4n) is 6.31. The predicted octanol–water partition coefficient (Wildman–Crippen LogP) is 4.39. The van der Waals surface area contributed by atoms with E-state index < -0.39 is 0 Å². The monoisotopic (exact) mass is 586 g/mol. The molecule has 1 aromatic heterocycles. The van der Waals surface area contributed by atoms with Gasteiger partial charge in [-0.15, -0.1) is 0 Å². The highest BCUT2D eigenvalue weighted by molar-refractivity contribution is 7.99. The smallest absolute Gasteiger partial charge is 0.309 e. The van der Waals surface area contributed by atoms with Crippen molar-refractivity contribution in [1.82, 2.24) is 19.4 Å². The van der Waals surface area contributed by atoms with Crippen molar-refractivity contribution in [2.45, 2.75) is 68.4 Å². The molecule has 42 heavy (non-hydrogen) atoms. The minimum atomic E-state index is -0.255. The first-order chi connectivity index (χ1) is 20.5. The van der Waals surface area contributed by atoms with Crippen molar-refractivity contribution >= 4 is 23.6 Å². The number of ether oxygens (including phenoxy) is 1. The van der Waals surface area contributed by atoms with Crippen molar-refractivity contribution in [2.24, 2.45) is 5.92 Å². The average molecular weight is 587 g/mol. The standard InChI is InChI=1S/C33H38N4O4S/c1-41-30(38)18-23-9-8-10-24(17-23)19-35-20-25(21-35)31(39)36-16-15-29-28(22-36)32(40)37(26-11-4-2-5-12-26)33(34-29)42-27-13-6-3-7-14-27/h2,4-5,8-12,17,25,27H,3,6-7,13-16,18-22H2,1H3. The molecule has 0 atom stereocenters. The average Bonchev–Trinajstić information content (AvgIpc) is 2.99. The summed E-state index contributed by atoms with van der Waals surface area (Å²) in [6.45, 7) is 3.01. The Hall–Kier alpha value is -3.43. The molecule has 0 bridgehead atoms. The summed E-state index contributed by atoms with van der Waals surface area (Å²) < 4.78 is 6.55. The number of nitrogens with zero attached hydrogens (tertiary/aromatic N) is 4. The van der Waals surface area contributed by atoms with Crippen LogP contribution < -0.4 is 5.56 Å². The molecule has 0 spiro atoms. The highest BCUT2D eigenvalue weighted by Crippen LogP contribution is 2.34. The van der Waals surface area contributed by atoms with E-state index in [0.717, 1.165) is 47.1 Å². The molecule has 3 aromatic rings. The van der Waals surface area contributed by atoms with Crippen molar-refractivity contribution in [2.75, 3.05) is 26.7 Å². The number of hydrogen-bond acceptors (Lipinski definition) is 7. The molecule has 2 aliphatic heterocycles. The molecule has 1 saturated carbocycles. The number of para-hydroxylation sites is 1. The van der Waals surface area contributed by atoms with Crippen LogP contribution in [0.3, 0.4) is 0 Å². The number of esters is 1. The molecule has 1 aliphatic carbocycles. The zero-order valence-corrected chi connectivity index (χ0v) is 25.0. The van der Waals surface area contributed by atoms with Gasteiger partial charge in [-0.3, -0.25) is 23.9 Å². The second-order valence-electron chi connectivity index (χ2n) is 11.6. The van der Waals surface area contributed by atoms with E-state index in [1.807, 2.05) is 59.5 Å². The number of likely N-dealkylation sites (tertiary alicyclic amines) is 1. The van der Waals surface area contributed by atoms with Gasteiger partial charge in [0.15, 0.2) is 5.16 Å². The van der Waals surface area contributed by atoms with Gasteiger partial charge in [-0.1, -0.05) is 73.5 Å². The Balaban J connectivity index is 1.13. The maximum Gasteiger partial charge on any atom is 0.309 e. The van der Waals surface area contributed by atoms with E-state index in [4.69, 9.17) is 9.72 Å². The van der Waals surface area contributed by atoms with Crippen LogP contribution in [0.15, 0.2) is 64.5 Å². The number of benzene rings is 2. The molecule has 2 fully saturated rings. The molecule has 2 aromatic carbocycles. The third kappa shape index (κ3) is 6.32. The third-order valence-electron chi connectivity index (χ3n) is 8.63. The molecule has 1 saturated heterocycles. The summed E-state index contributed by atoms with van der Waals surface area (Å²) in [4.78, 5) is 48.3. The highest BCUT2D eigenvalue weighted by Gasteiger charge is 2.37. The number of amides is 1. The number of thioether (sulfide) groups is 1. The first kappa shape index (κ1) is 28.7. The number of carbonyl (C=O) groups is 2. The van der Waals surface area contributed by atoms with Crippen molar-refractivity contribution in [3.8, 4) is 5.69 Å². The Morgan fingerprint density at radius 2 is 1.76 bits per heavy atom. The lowest BCUT2D eigenvalue weighted by Crippen LogP contribution is -2.55. The number of methoxy groups -OCH3 is 1. The summed E-state index contributed by atoms with van der Waals surface area (Å²) in [5.74, 6) is -0.215. The van der Waals surface area contributed by atoms with E-state index in [2.05, 4.69) is 4.90 Å². The second-order valence-corrected chi connectivity index (χ2v) is 12.9. The van der Waals surface area contributed by atoms with Crippen LogP contribution in [0, 0.1) is 5.92 Å². The van der Waals surface area contributed by atoms with Crippen LogP contribution in [0.1, 0.15) is 54.5 Å². The maximum atomic E-state index is 14.0. The Labute approximate surface area is 251 Å². The van der Waals surface area contributed by atoms with Gasteiger partial charge < -0.3 is 9.64 Å². The summed E-state index contributed by atoms with van der Waals surface area (Å²) in [5.41, 5.74) is 4.30. The van der Waals surface area contributed by atoms with E-state index in [1.165, 1.54) is 26.4 Å². The molecule has 1 amide bonds. The van der Waals surface area contributed by atoms with Gasteiger partial charge in [0, 0.05) is 37.8 Å². The molecular weight excluding hydrogens is 548 g/mol. The van der Waals surface area contributed by atoms with E-state index in [0.29, 0.717) is 43.4 Å². The van der Waals surface area contributed by atoms with Crippen molar-refractivity contribution in [3.05, 3.63) is 87.3 Å². The van der Waals surface area contributed by atoms with Crippen LogP contribution in [0.25, 0.3) is 5.69 Å². The minimum Gasteiger partial charge on any atom is -0.469 e. The van der Waals surface area contributed by atoms with Gasteiger partial charge in [0.25, 0.3) is 5.56 Å². The normalized spacial score (nSPS) is 17.9. The quantitative estimate of drug-likeness (QED) is 0.286. The maximum absolute atomic E-state index is 14.0. The lowest BCUT2D eigenvalue weighted by Gasteiger charge is -2.41. The van der Waals surface area contributed by atoms with Gasteiger partial charge >= 0.3 is 5.97 Å². The Bertz CT molecular complexity index is 1500. The Kier molecular flexibility index (Phi) is 8.76. The second kappa shape index (κ2) is 12.8. The van der Waals surface area contributed by atoms with Crippen LogP contribution in [0.5, 0.6) is 0 Å². The topological polar surface area (TPSA) is 84.7 Å². The van der Waals surface area contributed by atoms with Crippen molar-refractivity contribution in [3.63, 3.8) is 0 Å². The molecule has 6 rings (SSSR count). The number of aromatic nitrogens is 2. The van der Waals surface area contributed by atoms with Gasteiger partial charge in [-0.25, -0.2) is 4.98 Å².